The normalized spacial score (nSPS) is 13.9. The van der Waals surface area contributed by atoms with Gasteiger partial charge in [0.15, 0.2) is 0 Å². The zero-order valence-electron chi connectivity index (χ0n) is 25.5. The highest BCUT2D eigenvalue weighted by Gasteiger charge is 2.30. The van der Waals surface area contributed by atoms with Crippen molar-refractivity contribution in [2.24, 2.45) is 0 Å². The van der Waals surface area contributed by atoms with Crippen LogP contribution in [-0.2, 0) is 9.13 Å². The molecule has 3 nitrogen and oxygen atoms in total. The summed E-state index contributed by atoms with van der Waals surface area (Å²) < 4.78 is 30.6. The quantitative estimate of drug-likeness (QED) is 0.227. The van der Waals surface area contributed by atoms with Crippen molar-refractivity contribution in [3.63, 3.8) is 0 Å². The summed E-state index contributed by atoms with van der Waals surface area (Å²) in [5.74, 6) is 0.715. The third-order valence-corrected chi connectivity index (χ3v) is 9.67. The number of hydrogen-bond donors (Lipinski definition) is 0. The molecule has 1 aliphatic rings. The number of rotatable bonds is 2. The van der Waals surface area contributed by atoms with Crippen molar-refractivity contribution in [3.8, 4) is 16.9 Å². The van der Waals surface area contributed by atoms with Crippen LogP contribution in [0.3, 0.4) is 0 Å². The fourth-order valence-electron chi connectivity index (χ4n) is 3.64. The Morgan fingerprint density at radius 1 is 0.538 bits per heavy atom. The standard InChI is InChI=1S/C13H11O2P.C13H13OP.4C2H6/c1-16(14)13-9-5-3-7-11(13)10-6-2-4-8-12(10)15-16;1-15(14,12-8-4-2-5-9-12)13-10-6-3-7-11-13;4*1-2/h2-9H,1H3;2-11H,1H3;4*1-2H3. The van der Waals surface area contributed by atoms with Crippen molar-refractivity contribution in [2.75, 3.05) is 13.3 Å². The van der Waals surface area contributed by atoms with Gasteiger partial charge in [0, 0.05) is 22.8 Å². The molecule has 0 radical (unpaired) electrons. The fraction of sp³-hybridized carbons (Fsp3) is 0.294. The topological polar surface area (TPSA) is 43.4 Å². The molecule has 0 spiro atoms. The Balaban J connectivity index is 0.000000592. The van der Waals surface area contributed by atoms with Gasteiger partial charge < -0.3 is 9.09 Å². The summed E-state index contributed by atoms with van der Waals surface area (Å²) in [4.78, 5) is 0. The molecule has 4 aromatic carbocycles. The molecule has 0 aromatic heterocycles. The molecule has 1 atom stereocenters. The van der Waals surface area contributed by atoms with Gasteiger partial charge in [-0.15, -0.1) is 0 Å². The number of fused-ring (bicyclic) bond motifs is 3. The summed E-state index contributed by atoms with van der Waals surface area (Å²) in [6.45, 7) is 19.5. The molecule has 39 heavy (non-hydrogen) atoms. The van der Waals surface area contributed by atoms with Gasteiger partial charge in [0.1, 0.15) is 12.9 Å². The van der Waals surface area contributed by atoms with E-state index in [1.165, 1.54) is 0 Å². The molecule has 1 heterocycles. The first-order valence-electron chi connectivity index (χ1n) is 14.0. The highest BCUT2D eigenvalue weighted by Crippen LogP contribution is 2.51. The summed E-state index contributed by atoms with van der Waals surface area (Å²) >= 11 is 0. The molecule has 5 heteroatoms. The molecule has 212 valence electrons. The van der Waals surface area contributed by atoms with Crippen molar-refractivity contribution >= 4 is 30.4 Å². The maximum atomic E-state index is 12.6. The Bertz CT molecular complexity index is 1240. The predicted molar refractivity (Wildman–Crippen MR) is 177 cm³/mol. The molecule has 1 aliphatic heterocycles. The van der Waals surface area contributed by atoms with Gasteiger partial charge in [0.2, 0.25) is 0 Å². The average Bonchev–Trinajstić information content (AvgIpc) is 3.02. The van der Waals surface area contributed by atoms with Crippen LogP contribution in [0.4, 0.5) is 0 Å². The maximum absolute atomic E-state index is 12.6. The van der Waals surface area contributed by atoms with Gasteiger partial charge >= 0.3 is 0 Å². The summed E-state index contributed by atoms with van der Waals surface area (Å²) in [6, 6.07) is 34.7. The maximum Gasteiger partial charge on any atom is 0.274 e. The van der Waals surface area contributed by atoms with Crippen molar-refractivity contribution < 1.29 is 13.7 Å². The summed E-state index contributed by atoms with van der Waals surface area (Å²) in [6.07, 6.45) is 0. The van der Waals surface area contributed by atoms with Gasteiger partial charge in [0.25, 0.3) is 7.37 Å². The van der Waals surface area contributed by atoms with Gasteiger partial charge in [-0.2, -0.15) is 0 Å². The number of hydrogen-bond acceptors (Lipinski definition) is 3. The minimum absolute atomic E-state index is 0.715. The number of para-hydroxylation sites is 1. The second kappa shape index (κ2) is 19.2. The minimum atomic E-state index is -2.71. The lowest BCUT2D eigenvalue weighted by Gasteiger charge is -2.25. The molecule has 0 amide bonds. The van der Waals surface area contributed by atoms with E-state index in [1.54, 1.807) is 6.66 Å². The molecule has 4 aromatic rings. The Morgan fingerprint density at radius 3 is 1.36 bits per heavy atom. The zero-order chi connectivity index (χ0) is 29.9. The lowest BCUT2D eigenvalue weighted by Crippen LogP contribution is -2.16. The molecular weight excluding hydrogens is 518 g/mol. The summed E-state index contributed by atoms with van der Waals surface area (Å²) in [5, 5.41) is 2.64. The van der Waals surface area contributed by atoms with Crippen molar-refractivity contribution in [2.45, 2.75) is 55.4 Å². The van der Waals surface area contributed by atoms with Crippen LogP contribution in [0.1, 0.15) is 55.4 Å². The lowest BCUT2D eigenvalue weighted by atomic mass is 10.0. The second-order valence-corrected chi connectivity index (χ2v) is 12.8. The van der Waals surface area contributed by atoms with E-state index >= 15 is 0 Å². The van der Waals surface area contributed by atoms with Gasteiger partial charge in [-0.05, 0) is 24.4 Å². The third-order valence-electron chi connectivity index (χ3n) is 5.29. The van der Waals surface area contributed by atoms with E-state index in [0.717, 1.165) is 27.0 Å². The van der Waals surface area contributed by atoms with Gasteiger partial charge in [-0.3, -0.25) is 4.57 Å². The van der Waals surface area contributed by atoms with Crippen LogP contribution in [0.25, 0.3) is 11.1 Å². The molecule has 0 N–H and O–H groups in total. The molecular formula is C34H48O3P2. The van der Waals surface area contributed by atoms with Crippen LogP contribution >= 0.6 is 14.5 Å². The largest absolute Gasteiger partial charge is 0.439 e. The van der Waals surface area contributed by atoms with Crippen LogP contribution in [-0.4, -0.2) is 13.3 Å². The Kier molecular flexibility index (Phi) is 17.8. The van der Waals surface area contributed by atoms with Crippen LogP contribution in [0.15, 0.2) is 109 Å². The van der Waals surface area contributed by atoms with Crippen LogP contribution < -0.4 is 20.4 Å². The first-order valence-corrected chi connectivity index (χ1v) is 18.3. The molecule has 0 aliphatic carbocycles. The molecule has 0 fully saturated rings. The minimum Gasteiger partial charge on any atom is -0.439 e. The zero-order valence-corrected chi connectivity index (χ0v) is 27.3. The SMILES string of the molecule is CC.CC.CC.CC.CP(=O)(c1ccccc1)c1ccccc1.CP1(=O)Oc2ccccc2-c2ccccc21. The molecule has 0 saturated carbocycles. The van der Waals surface area contributed by atoms with Crippen molar-refractivity contribution in [1.29, 1.82) is 0 Å². The van der Waals surface area contributed by atoms with Crippen LogP contribution in [0.2, 0.25) is 0 Å². The van der Waals surface area contributed by atoms with Crippen molar-refractivity contribution in [3.05, 3.63) is 109 Å². The van der Waals surface area contributed by atoms with E-state index < -0.39 is 14.5 Å². The highest BCUT2D eigenvalue weighted by molar-refractivity contribution is 7.78. The molecule has 0 bridgehead atoms. The van der Waals surface area contributed by atoms with E-state index in [9.17, 15) is 9.13 Å². The van der Waals surface area contributed by atoms with E-state index in [-0.39, 0.29) is 0 Å². The molecule has 0 saturated heterocycles. The van der Waals surface area contributed by atoms with E-state index in [4.69, 9.17) is 4.52 Å². The van der Waals surface area contributed by atoms with Gasteiger partial charge in [-0.25, -0.2) is 0 Å². The highest BCUT2D eigenvalue weighted by atomic mass is 31.2. The number of benzene rings is 4. The monoisotopic (exact) mass is 566 g/mol. The van der Waals surface area contributed by atoms with E-state index in [1.807, 2.05) is 171 Å². The average molecular weight is 567 g/mol. The predicted octanol–water partition coefficient (Wildman–Crippen LogP) is 10.0. The molecule has 1 unspecified atom stereocenters. The first-order chi connectivity index (χ1) is 18.9. The Morgan fingerprint density at radius 2 is 0.897 bits per heavy atom. The summed E-state index contributed by atoms with van der Waals surface area (Å²) in [5.41, 5.74) is 2.04. The Labute approximate surface area is 238 Å². The molecule has 5 rings (SSSR count). The smallest absolute Gasteiger partial charge is 0.274 e. The Hall–Kier alpha value is -2.86. The van der Waals surface area contributed by atoms with Gasteiger partial charge in [0.05, 0.1) is 5.30 Å². The van der Waals surface area contributed by atoms with Crippen LogP contribution in [0, 0.1) is 0 Å². The third kappa shape index (κ3) is 9.99. The second-order valence-electron chi connectivity index (χ2n) is 7.55. The lowest BCUT2D eigenvalue weighted by molar-refractivity contribution is 0.497. The van der Waals surface area contributed by atoms with E-state index in [0.29, 0.717) is 5.75 Å². The van der Waals surface area contributed by atoms with Crippen LogP contribution in [0.5, 0.6) is 5.75 Å². The summed E-state index contributed by atoms with van der Waals surface area (Å²) in [7, 11) is -5.11. The van der Waals surface area contributed by atoms with Crippen molar-refractivity contribution in [1.82, 2.24) is 0 Å². The first kappa shape index (κ1) is 36.1. The van der Waals surface area contributed by atoms with Gasteiger partial charge in [-0.1, -0.05) is 152 Å². The van der Waals surface area contributed by atoms with E-state index in [2.05, 4.69) is 0 Å². The fourth-order valence-corrected chi connectivity index (χ4v) is 7.04.